The van der Waals surface area contributed by atoms with E-state index in [9.17, 15) is 0 Å². The molecule has 0 aliphatic heterocycles. The molecule has 0 unspecified atom stereocenters. The van der Waals surface area contributed by atoms with Crippen LogP contribution in [0.5, 0.6) is 17.2 Å². The van der Waals surface area contributed by atoms with E-state index in [2.05, 4.69) is 13.0 Å². The Morgan fingerprint density at radius 3 is 2.38 bits per heavy atom. The third-order valence-corrected chi connectivity index (χ3v) is 3.86. The van der Waals surface area contributed by atoms with Crippen LogP contribution in [-0.2, 0) is 6.54 Å². The molecule has 0 fully saturated rings. The monoisotopic (exact) mass is 303 g/mol. The number of ether oxygens (including phenoxy) is 2. The zero-order valence-corrected chi connectivity index (χ0v) is 13.3. The molecular formula is C17H21NO2S. The summed E-state index contributed by atoms with van der Waals surface area (Å²) in [6.07, 6.45) is 3.04. The lowest BCUT2D eigenvalue weighted by molar-refractivity contribution is 0.317. The highest BCUT2D eigenvalue weighted by molar-refractivity contribution is 7.98. The van der Waals surface area contributed by atoms with Crippen LogP contribution in [0.4, 0.5) is 0 Å². The lowest BCUT2D eigenvalue weighted by atomic mass is 10.2. The standard InChI is InChI=1S/C17H21NO2S/c1-3-11-19-13-7-9-14(10-8-13)20-16-5-4-6-17(21-2)15(16)12-18/h4-10H,3,11-12,18H2,1-2H3. The van der Waals surface area contributed by atoms with Crippen LogP contribution in [0.1, 0.15) is 18.9 Å². The van der Waals surface area contributed by atoms with E-state index in [1.165, 1.54) is 0 Å². The van der Waals surface area contributed by atoms with E-state index in [1.807, 2.05) is 42.7 Å². The quantitative estimate of drug-likeness (QED) is 0.768. The van der Waals surface area contributed by atoms with Gasteiger partial charge < -0.3 is 15.2 Å². The summed E-state index contributed by atoms with van der Waals surface area (Å²) in [6, 6.07) is 13.7. The smallest absolute Gasteiger partial charge is 0.133 e. The molecule has 0 aromatic heterocycles. The lowest BCUT2D eigenvalue weighted by Crippen LogP contribution is -2.01. The maximum absolute atomic E-state index is 5.95. The van der Waals surface area contributed by atoms with E-state index in [0.29, 0.717) is 6.54 Å². The summed E-state index contributed by atoms with van der Waals surface area (Å²) in [4.78, 5) is 1.15. The molecule has 3 nitrogen and oxygen atoms in total. The van der Waals surface area contributed by atoms with Crippen molar-refractivity contribution in [3.8, 4) is 17.2 Å². The summed E-state index contributed by atoms with van der Waals surface area (Å²) in [5.41, 5.74) is 6.88. The van der Waals surface area contributed by atoms with Crippen molar-refractivity contribution in [1.82, 2.24) is 0 Å². The number of thioether (sulfide) groups is 1. The average Bonchev–Trinajstić information content (AvgIpc) is 2.54. The fraction of sp³-hybridized carbons (Fsp3) is 0.294. The van der Waals surface area contributed by atoms with Crippen LogP contribution >= 0.6 is 11.8 Å². The van der Waals surface area contributed by atoms with Crippen molar-refractivity contribution in [2.75, 3.05) is 12.9 Å². The molecule has 0 bridgehead atoms. The van der Waals surface area contributed by atoms with E-state index in [1.54, 1.807) is 11.8 Å². The van der Waals surface area contributed by atoms with E-state index in [0.717, 1.165) is 40.7 Å². The summed E-state index contributed by atoms with van der Waals surface area (Å²) >= 11 is 1.68. The van der Waals surface area contributed by atoms with Gasteiger partial charge >= 0.3 is 0 Å². The van der Waals surface area contributed by atoms with Crippen LogP contribution in [-0.4, -0.2) is 12.9 Å². The molecule has 2 aromatic rings. The molecular weight excluding hydrogens is 282 g/mol. The SMILES string of the molecule is CCCOc1ccc(Oc2cccc(SC)c2CN)cc1. The Hall–Kier alpha value is -1.65. The van der Waals surface area contributed by atoms with Crippen LogP contribution in [0, 0.1) is 0 Å². The topological polar surface area (TPSA) is 44.5 Å². The summed E-state index contributed by atoms with van der Waals surface area (Å²) in [7, 11) is 0. The summed E-state index contributed by atoms with van der Waals surface area (Å²) in [5, 5.41) is 0. The van der Waals surface area contributed by atoms with E-state index in [-0.39, 0.29) is 0 Å². The Morgan fingerprint density at radius 1 is 1.05 bits per heavy atom. The summed E-state index contributed by atoms with van der Waals surface area (Å²) in [6.45, 7) is 3.28. The minimum atomic E-state index is 0.462. The second-order valence-electron chi connectivity index (χ2n) is 4.56. The molecule has 0 saturated heterocycles. The Morgan fingerprint density at radius 2 is 1.76 bits per heavy atom. The predicted octanol–water partition coefficient (Wildman–Crippen LogP) is 4.45. The van der Waals surface area contributed by atoms with Gasteiger partial charge in [0.2, 0.25) is 0 Å². The molecule has 2 N–H and O–H groups in total. The van der Waals surface area contributed by atoms with Crippen molar-refractivity contribution in [2.45, 2.75) is 24.8 Å². The zero-order chi connectivity index (χ0) is 15.1. The largest absolute Gasteiger partial charge is 0.494 e. The van der Waals surface area contributed by atoms with Crippen LogP contribution in [0.3, 0.4) is 0 Å². The summed E-state index contributed by atoms with van der Waals surface area (Å²) < 4.78 is 11.5. The lowest BCUT2D eigenvalue weighted by Gasteiger charge is -2.13. The first kappa shape index (κ1) is 15.7. The first-order valence-electron chi connectivity index (χ1n) is 7.05. The molecule has 0 heterocycles. The highest BCUT2D eigenvalue weighted by Crippen LogP contribution is 2.32. The van der Waals surface area contributed by atoms with Crippen LogP contribution < -0.4 is 15.2 Å². The van der Waals surface area contributed by atoms with Gasteiger partial charge in [-0.1, -0.05) is 13.0 Å². The molecule has 2 aromatic carbocycles. The Labute approximate surface area is 130 Å². The molecule has 21 heavy (non-hydrogen) atoms. The fourth-order valence-corrected chi connectivity index (χ4v) is 2.63. The van der Waals surface area contributed by atoms with Crippen molar-refractivity contribution < 1.29 is 9.47 Å². The number of hydrogen-bond acceptors (Lipinski definition) is 4. The number of hydrogen-bond donors (Lipinski definition) is 1. The van der Waals surface area contributed by atoms with E-state index >= 15 is 0 Å². The molecule has 0 atom stereocenters. The van der Waals surface area contributed by atoms with E-state index < -0.39 is 0 Å². The van der Waals surface area contributed by atoms with Gasteiger partial charge in [0, 0.05) is 17.0 Å². The highest BCUT2D eigenvalue weighted by atomic mass is 32.2. The van der Waals surface area contributed by atoms with Gasteiger partial charge in [0.1, 0.15) is 17.2 Å². The second kappa shape index (κ2) is 7.96. The number of nitrogens with two attached hydrogens (primary N) is 1. The van der Waals surface area contributed by atoms with Crippen molar-refractivity contribution in [2.24, 2.45) is 5.73 Å². The van der Waals surface area contributed by atoms with Gasteiger partial charge in [-0.3, -0.25) is 0 Å². The van der Waals surface area contributed by atoms with Crippen molar-refractivity contribution >= 4 is 11.8 Å². The third-order valence-electron chi connectivity index (χ3n) is 3.04. The Kier molecular flexibility index (Phi) is 5.96. The molecule has 0 aliphatic carbocycles. The maximum atomic E-state index is 5.95. The molecule has 0 radical (unpaired) electrons. The van der Waals surface area contributed by atoms with Gasteiger partial charge in [-0.2, -0.15) is 0 Å². The van der Waals surface area contributed by atoms with Crippen LogP contribution in [0.15, 0.2) is 47.4 Å². The number of rotatable bonds is 7. The minimum Gasteiger partial charge on any atom is -0.494 e. The van der Waals surface area contributed by atoms with Crippen LogP contribution in [0.25, 0.3) is 0 Å². The Balaban J connectivity index is 2.14. The molecule has 4 heteroatoms. The van der Waals surface area contributed by atoms with Gasteiger partial charge in [-0.15, -0.1) is 11.8 Å². The van der Waals surface area contributed by atoms with Gasteiger partial charge in [0.25, 0.3) is 0 Å². The van der Waals surface area contributed by atoms with Gasteiger partial charge in [-0.05, 0) is 49.1 Å². The first-order valence-corrected chi connectivity index (χ1v) is 8.27. The third kappa shape index (κ3) is 4.16. The average molecular weight is 303 g/mol. The molecule has 112 valence electrons. The van der Waals surface area contributed by atoms with Crippen molar-refractivity contribution in [3.05, 3.63) is 48.0 Å². The van der Waals surface area contributed by atoms with E-state index in [4.69, 9.17) is 15.2 Å². The first-order chi connectivity index (χ1) is 10.3. The van der Waals surface area contributed by atoms with Gasteiger partial charge in [0.05, 0.1) is 6.61 Å². The van der Waals surface area contributed by atoms with Crippen molar-refractivity contribution in [3.63, 3.8) is 0 Å². The zero-order valence-electron chi connectivity index (χ0n) is 12.5. The van der Waals surface area contributed by atoms with Crippen LogP contribution in [0.2, 0.25) is 0 Å². The van der Waals surface area contributed by atoms with Gasteiger partial charge in [0.15, 0.2) is 0 Å². The highest BCUT2D eigenvalue weighted by Gasteiger charge is 2.08. The summed E-state index contributed by atoms with van der Waals surface area (Å²) in [5.74, 6) is 2.46. The predicted molar refractivity (Wildman–Crippen MR) is 88.4 cm³/mol. The minimum absolute atomic E-state index is 0.462. The van der Waals surface area contributed by atoms with Gasteiger partial charge in [-0.25, -0.2) is 0 Å². The molecule has 0 aliphatic rings. The molecule has 0 amide bonds. The second-order valence-corrected chi connectivity index (χ2v) is 5.41. The Bertz CT molecular complexity index is 570. The normalized spacial score (nSPS) is 10.4. The molecule has 0 saturated carbocycles. The fourth-order valence-electron chi connectivity index (χ4n) is 1.98. The van der Waals surface area contributed by atoms with Crippen molar-refractivity contribution in [1.29, 1.82) is 0 Å². The molecule has 2 rings (SSSR count). The maximum Gasteiger partial charge on any atom is 0.133 e. The molecule has 0 spiro atoms. The number of benzene rings is 2.